The Balaban J connectivity index is 1.69. The molecule has 1 aromatic heterocycles. The summed E-state index contributed by atoms with van der Waals surface area (Å²) >= 11 is 0. The molecule has 0 bridgehead atoms. The molecule has 23 heavy (non-hydrogen) atoms. The first-order valence-electron chi connectivity index (χ1n) is 7.65. The van der Waals surface area contributed by atoms with Crippen molar-refractivity contribution in [2.75, 3.05) is 26.4 Å². The SMILES string of the molecule is CC(C)(C)[S@@](=O)N=CCOCCCC1(c2ccon2)OCCO1. The van der Waals surface area contributed by atoms with Crippen molar-refractivity contribution in [1.29, 1.82) is 0 Å². The number of rotatable bonds is 8. The van der Waals surface area contributed by atoms with Crippen LogP contribution in [0.4, 0.5) is 0 Å². The van der Waals surface area contributed by atoms with Gasteiger partial charge in [0, 0.05) is 25.3 Å². The summed E-state index contributed by atoms with van der Waals surface area (Å²) in [5.74, 6) is -0.821. The van der Waals surface area contributed by atoms with E-state index in [9.17, 15) is 4.21 Å². The largest absolute Gasteiger partial charge is 0.376 e. The van der Waals surface area contributed by atoms with Gasteiger partial charge in [-0.25, -0.2) is 4.21 Å². The van der Waals surface area contributed by atoms with Crippen LogP contribution in [0.2, 0.25) is 0 Å². The van der Waals surface area contributed by atoms with E-state index in [0.717, 1.165) is 6.42 Å². The minimum atomic E-state index is -1.24. The third-order valence-corrected chi connectivity index (χ3v) is 4.65. The summed E-state index contributed by atoms with van der Waals surface area (Å²) in [5, 5.41) is 3.92. The highest BCUT2D eigenvalue weighted by Gasteiger charge is 2.40. The molecule has 1 fully saturated rings. The van der Waals surface area contributed by atoms with E-state index in [1.807, 2.05) is 20.8 Å². The van der Waals surface area contributed by atoms with E-state index in [1.54, 1.807) is 12.3 Å². The first-order chi connectivity index (χ1) is 10.9. The van der Waals surface area contributed by atoms with E-state index in [-0.39, 0.29) is 4.75 Å². The molecule has 0 aromatic carbocycles. The van der Waals surface area contributed by atoms with Gasteiger partial charge in [0.05, 0.1) is 24.6 Å². The summed E-state index contributed by atoms with van der Waals surface area (Å²) in [6.07, 6.45) is 4.43. The lowest BCUT2D eigenvalue weighted by atomic mass is 10.1. The van der Waals surface area contributed by atoms with Crippen LogP contribution in [0.15, 0.2) is 21.3 Å². The van der Waals surface area contributed by atoms with Gasteiger partial charge >= 0.3 is 0 Å². The van der Waals surface area contributed by atoms with Crippen LogP contribution in [0.25, 0.3) is 0 Å². The molecule has 2 heterocycles. The normalized spacial score (nSPS) is 19.4. The predicted octanol–water partition coefficient (Wildman–Crippen LogP) is 2.20. The van der Waals surface area contributed by atoms with Gasteiger partial charge in [-0.15, -0.1) is 0 Å². The summed E-state index contributed by atoms with van der Waals surface area (Å²) in [6, 6.07) is 1.75. The van der Waals surface area contributed by atoms with Gasteiger partial charge in [0.2, 0.25) is 5.79 Å². The fraction of sp³-hybridized carbons (Fsp3) is 0.733. The zero-order chi connectivity index (χ0) is 16.8. The zero-order valence-corrected chi connectivity index (χ0v) is 14.6. The molecule has 1 aromatic rings. The average molecular weight is 344 g/mol. The second-order valence-electron chi connectivity index (χ2n) is 6.16. The molecule has 0 aliphatic carbocycles. The van der Waals surface area contributed by atoms with E-state index in [0.29, 0.717) is 38.5 Å². The Labute approximate surface area is 139 Å². The summed E-state index contributed by atoms with van der Waals surface area (Å²) < 4.78 is 37.1. The second kappa shape index (κ2) is 8.14. The van der Waals surface area contributed by atoms with Gasteiger partial charge < -0.3 is 18.7 Å². The monoisotopic (exact) mass is 344 g/mol. The smallest absolute Gasteiger partial charge is 0.215 e. The van der Waals surface area contributed by atoms with Crippen LogP contribution in [0.5, 0.6) is 0 Å². The fourth-order valence-electron chi connectivity index (χ4n) is 2.08. The summed E-state index contributed by atoms with van der Waals surface area (Å²) in [7, 11) is -1.24. The van der Waals surface area contributed by atoms with Crippen LogP contribution in [0.1, 0.15) is 39.3 Å². The molecule has 0 N–H and O–H groups in total. The highest BCUT2D eigenvalue weighted by Crippen LogP contribution is 2.34. The Morgan fingerprint density at radius 2 is 2.17 bits per heavy atom. The van der Waals surface area contributed by atoms with Crippen molar-refractivity contribution < 1.29 is 22.9 Å². The lowest BCUT2D eigenvalue weighted by Gasteiger charge is -2.24. The molecule has 1 saturated heterocycles. The number of nitrogens with zero attached hydrogens (tertiary/aromatic N) is 2. The highest BCUT2D eigenvalue weighted by molar-refractivity contribution is 7.85. The van der Waals surface area contributed by atoms with Crippen molar-refractivity contribution in [3.05, 3.63) is 18.0 Å². The minimum absolute atomic E-state index is 0.334. The molecule has 1 aliphatic rings. The maximum Gasteiger partial charge on any atom is 0.215 e. The maximum atomic E-state index is 11.7. The number of hydrogen-bond donors (Lipinski definition) is 0. The first-order valence-corrected chi connectivity index (χ1v) is 8.76. The number of aromatic nitrogens is 1. The van der Waals surface area contributed by atoms with Gasteiger partial charge in [-0.2, -0.15) is 4.40 Å². The maximum absolute atomic E-state index is 11.7. The Bertz CT molecular complexity index is 518. The van der Waals surface area contributed by atoms with Crippen molar-refractivity contribution >= 4 is 17.2 Å². The molecule has 0 amide bonds. The highest BCUT2D eigenvalue weighted by atomic mass is 32.2. The van der Waals surface area contributed by atoms with E-state index in [2.05, 4.69) is 9.55 Å². The molecule has 0 saturated carbocycles. The van der Waals surface area contributed by atoms with Crippen molar-refractivity contribution in [3.63, 3.8) is 0 Å². The van der Waals surface area contributed by atoms with Crippen molar-refractivity contribution in [2.45, 2.75) is 44.1 Å². The number of ether oxygens (including phenoxy) is 3. The second-order valence-corrected chi connectivity index (χ2v) is 8.10. The summed E-state index contributed by atoms with van der Waals surface area (Å²) in [4.78, 5) is 0. The molecule has 0 unspecified atom stereocenters. The zero-order valence-electron chi connectivity index (χ0n) is 13.8. The van der Waals surface area contributed by atoms with Gasteiger partial charge in [0.15, 0.2) is 0 Å². The third-order valence-electron chi connectivity index (χ3n) is 3.26. The summed E-state index contributed by atoms with van der Waals surface area (Å²) in [6.45, 7) is 7.59. The average Bonchev–Trinajstić information content (AvgIpc) is 3.17. The molecule has 0 spiro atoms. The molecule has 2 rings (SSSR count). The third kappa shape index (κ3) is 5.20. The van der Waals surface area contributed by atoms with E-state index >= 15 is 0 Å². The van der Waals surface area contributed by atoms with Crippen molar-refractivity contribution in [3.8, 4) is 0 Å². The lowest BCUT2D eigenvalue weighted by Crippen LogP contribution is -2.28. The predicted molar refractivity (Wildman–Crippen MR) is 86.5 cm³/mol. The Morgan fingerprint density at radius 1 is 1.43 bits per heavy atom. The van der Waals surface area contributed by atoms with Gasteiger partial charge in [-0.1, -0.05) is 5.16 Å². The Morgan fingerprint density at radius 3 is 2.78 bits per heavy atom. The molecule has 1 aliphatic heterocycles. The van der Waals surface area contributed by atoms with Gasteiger partial charge in [0.1, 0.15) is 22.9 Å². The minimum Gasteiger partial charge on any atom is -0.376 e. The van der Waals surface area contributed by atoms with E-state index in [4.69, 9.17) is 18.7 Å². The molecule has 7 nitrogen and oxygen atoms in total. The lowest BCUT2D eigenvalue weighted by molar-refractivity contribution is -0.177. The molecule has 0 radical (unpaired) electrons. The van der Waals surface area contributed by atoms with Crippen LogP contribution in [0, 0.1) is 0 Å². The van der Waals surface area contributed by atoms with Crippen LogP contribution in [0.3, 0.4) is 0 Å². The van der Waals surface area contributed by atoms with Gasteiger partial charge in [-0.3, -0.25) is 0 Å². The van der Waals surface area contributed by atoms with E-state index in [1.165, 1.54) is 6.26 Å². The van der Waals surface area contributed by atoms with E-state index < -0.39 is 16.8 Å². The quantitative estimate of drug-likeness (QED) is 0.531. The Hall–Kier alpha value is -1.09. The number of hydrogen-bond acceptors (Lipinski definition) is 6. The van der Waals surface area contributed by atoms with Crippen molar-refractivity contribution in [1.82, 2.24) is 5.16 Å². The van der Waals surface area contributed by atoms with Crippen LogP contribution in [-0.2, 0) is 31.0 Å². The molecule has 1 atom stereocenters. The molecular weight excluding hydrogens is 320 g/mol. The first kappa shape index (κ1) is 18.3. The fourth-order valence-corrected chi connectivity index (χ4v) is 2.60. The van der Waals surface area contributed by atoms with Crippen LogP contribution < -0.4 is 0 Å². The molecule has 8 heteroatoms. The van der Waals surface area contributed by atoms with Crippen LogP contribution in [-0.4, -0.2) is 46.8 Å². The Kier molecular flexibility index (Phi) is 6.46. The van der Waals surface area contributed by atoms with Gasteiger partial charge in [0.25, 0.3) is 0 Å². The molecular formula is C15H24N2O5S. The summed E-state index contributed by atoms with van der Waals surface area (Å²) in [5.41, 5.74) is 0.650. The van der Waals surface area contributed by atoms with Crippen LogP contribution >= 0.6 is 0 Å². The standard InChI is InChI=1S/C15H24N2O5S/c1-14(2,3)23(18)16-7-10-19-8-4-6-15(20-11-12-21-15)13-5-9-22-17-13/h5,7,9H,4,6,8,10-12H2,1-3H3/t23-/m1/s1. The molecule has 130 valence electrons. The van der Waals surface area contributed by atoms with Crippen molar-refractivity contribution in [2.24, 2.45) is 4.40 Å². The topological polar surface area (TPSA) is 83.2 Å². The van der Waals surface area contributed by atoms with Gasteiger partial charge in [-0.05, 0) is 27.2 Å².